The van der Waals surface area contributed by atoms with Gasteiger partial charge in [-0.2, -0.15) is 0 Å². The van der Waals surface area contributed by atoms with Crippen LogP contribution in [0, 0.1) is 5.92 Å². The molecule has 0 aromatic carbocycles. The Morgan fingerprint density at radius 1 is 1.22 bits per heavy atom. The third-order valence-electron chi connectivity index (χ3n) is 4.02. The molecule has 0 radical (unpaired) electrons. The van der Waals surface area contributed by atoms with Gasteiger partial charge in [-0.3, -0.25) is 4.79 Å². The van der Waals surface area contributed by atoms with Crippen LogP contribution in [-0.4, -0.2) is 49.9 Å². The highest BCUT2D eigenvalue weighted by molar-refractivity contribution is 7.92. The topological polar surface area (TPSA) is 80.5 Å². The lowest BCUT2D eigenvalue weighted by Crippen LogP contribution is -2.49. The zero-order valence-corrected chi connectivity index (χ0v) is 11.5. The Kier molecular flexibility index (Phi) is 4.27. The number of hydrogen-bond donors (Lipinski definition) is 1. The molecule has 6 heteroatoms. The predicted octanol–water partition coefficient (Wildman–Crippen LogP) is 0.151. The van der Waals surface area contributed by atoms with Crippen LogP contribution in [0.1, 0.15) is 32.1 Å². The van der Waals surface area contributed by atoms with Crippen LogP contribution in [-0.2, 0) is 14.6 Å². The summed E-state index contributed by atoms with van der Waals surface area (Å²) < 4.78 is 23.9. The van der Waals surface area contributed by atoms with Crippen molar-refractivity contribution >= 4 is 15.7 Å². The van der Waals surface area contributed by atoms with E-state index in [1.54, 1.807) is 4.90 Å². The van der Waals surface area contributed by atoms with Crippen molar-refractivity contribution in [3.63, 3.8) is 0 Å². The highest BCUT2D eigenvalue weighted by Gasteiger charge is 2.38. The summed E-state index contributed by atoms with van der Waals surface area (Å²) >= 11 is 0. The average Bonchev–Trinajstić information content (AvgIpc) is 2.37. The highest BCUT2D eigenvalue weighted by Crippen LogP contribution is 2.24. The molecule has 0 aromatic heterocycles. The Labute approximate surface area is 109 Å². The zero-order chi connectivity index (χ0) is 13.2. The largest absolute Gasteiger partial charge is 0.341 e. The molecule has 2 saturated heterocycles. The van der Waals surface area contributed by atoms with E-state index in [2.05, 4.69) is 0 Å². The lowest BCUT2D eigenvalue weighted by Gasteiger charge is -2.35. The fraction of sp³-hybridized carbons (Fsp3) is 0.917. The number of sulfone groups is 1. The Morgan fingerprint density at radius 3 is 2.67 bits per heavy atom. The molecule has 2 aliphatic heterocycles. The Balaban J connectivity index is 2.06. The number of likely N-dealkylation sites (tertiary alicyclic amines) is 1. The minimum absolute atomic E-state index is 0.164. The molecule has 0 bridgehead atoms. The fourth-order valence-corrected chi connectivity index (χ4v) is 4.77. The van der Waals surface area contributed by atoms with Crippen LogP contribution in [0.3, 0.4) is 0 Å². The number of nitrogens with two attached hydrogens (primary N) is 1. The van der Waals surface area contributed by atoms with Gasteiger partial charge in [-0.25, -0.2) is 8.42 Å². The van der Waals surface area contributed by atoms with Gasteiger partial charge >= 0.3 is 0 Å². The lowest BCUT2D eigenvalue weighted by molar-refractivity contribution is -0.132. The van der Waals surface area contributed by atoms with Gasteiger partial charge < -0.3 is 10.6 Å². The molecule has 5 nitrogen and oxygen atoms in total. The molecule has 2 fully saturated rings. The normalized spacial score (nSPS) is 32.2. The SMILES string of the molecule is NCC1CCCN(C(=O)C2CCCCS2(=O)=O)C1. The van der Waals surface area contributed by atoms with Gasteiger partial charge in [0.25, 0.3) is 0 Å². The molecule has 2 atom stereocenters. The van der Waals surface area contributed by atoms with Crippen molar-refractivity contribution in [3.05, 3.63) is 0 Å². The second kappa shape index (κ2) is 5.57. The average molecular weight is 274 g/mol. The first-order valence-corrected chi connectivity index (χ1v) is 8.46. The van der Waals surface area contributed by atoms with Crippen LogP contribution < -0.4 is 5.73 Å². The molecule has 2 heterocycles. The maximum Gasteiger partial charge on any atom is 0.240 e. The number of hydrogen-bond acceptors (Lipinski definition) is 4. The van der Waals surface area contributed by atoms with E-state index < -0.39 is 15.1 Å². The predicted molar refractivity (Wildman–Crippen MR) is 69.8 cm³/mol. The third kappa shape index (κ3) is 2.85. The van der Waals surface area contributed by atoms with E-state index in [1.807, 2.05) is 0 Å². The highest BCUT2D eigenvalue weighted by atomic mass is 32.2. The third-order valence-corrected chi connectivity index (χ3v) is 6.18. The van der Waals surface area contributed by atoms with Crippen LogP contribution >= 0.6 is 0 Å². The number of carbonyl (C=O) groups is 1. The molecule has 1 amide bonds. The second-order valence-electron chi connectivity index (χ2n) is 5.38. The summed E-state index contributed by atoms with van der Waals surface area (Å²) in [7, 11) is -3.22. The molecule has 18 heavy (non-hydrogen) atoms. The molecule has 2 N–H and O–H groups in total. The molecule has 0 aromatic rings. The summed E-state index contributed by atoms with van der Waals surface area (Å²) in [4.78, 5) is 14.1. The zero-order valence-electron chi connectivity index (χ0n) is 10.7. The van der Waals surface area contributed by atoms with Crippen molar-refractivity contribution < 1.29 is 13.2 Å². The fourth-order valence-electron chi connectivity index (χ4n) is 2.89. The molecule has 2 unspecified atom stereocenters. The summed E-state index contributed by atoms with van der Waals surface area (Å²) in [6.07, 6.45) is 3.99. The van der Waals surface area contributed by atoms with Crippen molar-refractivity contribution in [2.75, 3.05) is 25.4 Å². The van der Waals surface area contributed by atoms with Gasteiger partial charge in [0, 0.05) is 13.1 Å². The molecule has 104 valence electrons. The first-order valence-electron chi connectivity index (χ1n) is 6.75. The maximum atomic E-state index is 12.3. The summed E-state index contributed by atoms with van der Waals surface area (Å²) in [6.45, 7) is 1.88. The van der Waals surface area contributed by atoms with Gasteiger partial charge in [0.15, 0.2) is 9.84 Å². The lowest BCUT2D eigenvalue weighted by atomic mass is 9.98. The summed E-state index contributed by atoms with van der Waals surface area (Å²) in [6, 6.07) is 0. The Morgan fingerprint density at radius 2 is 2.00 bits per heavy atom. The van der Waals surface area contributed by atoms with Crippen molar-refractivity contribution in [1.29, 1.82) is 0 Å². The van der Waals surface area contributed by atoms with E-state index in [0.717, 1.165) is 19.3 Å². The monoisotopic (exact) mass is 274 g/mol. The van der Waals surface area contributed by atoms with Gasteiger partial charge in [0.2, 0.25) is 5.91 Å². The van der Waals surface area contributed by atoms with Crippen LogP contribution in [0.4, 0.5) is 0 Å². The quantitative estimate of drug-likeness (QED) is 0.777. The smallest absolute Gasteiger partial charge is 0.240 e. The Hall–Kier alpha value is -0.620. The summed E-state index contributed by atoms with van der Waals surface area (Å²) in [5.74, 6) is 0.305. The minimum atomic E-state index is -3.22. The van der Waals surface area contributed by atoms with Crippen LogP contribution in [0.2, 0.25) is 0 Å². The van der Waals surface area contributed by atoms with Crippen LogP contribution in [0.25, 0.3) is 0 Å². The van der Waals surface area contributed by atoms with Gasteiger partial charge in [0.1, 0.15) is 5.25 Å². The molecule has 2 aliphatic rings. The van der Waals surface area contributed by atoms with E-state index in [4.69, 9.17) is 5.73 Å². The standard InChI is InChI=1S/C12H22N2O3S/c13-8-10-4-3-6-14(9-10)12(15)11-5-1-2-7-18(11,16)17/h10-11H,1-9,13H2. The van der Waals surface area contributed by atoms with Gasteiger partial charge in [-0.05, 0) is 38.1 Å². The minimum Gasteiger partial charge on any atom is -0.341 e. The van der Waals surface area contributed by atoms with Crippen molar-refractivity contribution in [3.8, 4) is 0 Å². The van der Waals surface area contributed by atoms with E-state index in [1.165, 1.54) is 0 Å². The number of carbonyl (C=O) groups excluding carboxylic acids is 1. The molecule has 2 rings (SSSR count). The van der Waals surface area contributed by atoms with E-state index >= 15 is 0 Å². The molecule has 0 spiro atoms. The first-order chi connectivity index (χ1) is 8.54. The maximum absolute atomic E-state index is 12.3. The van der Waals surface area contributed by atoms with Gasteiger partial charge in [-0.1, -0.05) is 6.42 Å². The molecular weight excluding hydrogens is 252 g/mol. The van der Waals surface area contributed by atoms with Crippen molar-refractivity contribution in [2.45, 2.75) is 37.4 Å². The molecular formula is C12H22N2O3S. The van der Waals surface area contributed by atoms with E-state index in [-0.39, 0.29) is 11.7 Å². The second-order valence-corrected chi connectivity index (χ2v) is 7.68. The molecule has 0 saturated carbocycles. The number of piperidine rings is 1. The van der Waals surface area contributed by atoms with Crippen molar-refractivity contribution in [1.82, 2.24) is 4.90 Å². The summed E-state index contributed by atoms with van der Waals surface area (Å²) in [5, 5.41) is -0.789. The van der Waals surface area contributed by atoms with Crippen LogP contribution in [0.5, 0.6) is 0 Å². The van der Waals surface area contributed by atoms with Crippen molar-refractivity contribution in [2.24, 2.45) is 11.7 Å². The van der Waals surface area contributed by atoms with Gasteiger partial charge in [0.05, 0.1) is 5.75 Å². The van der Waals surface area contributed by atoms with Gasteiger partial charge in [-0.15, -0.1) is 0 Å². The van der Waals surface area contributed by atoms with E-state index in [0.29, 0.717) is 38.4 Å². The van der Waals surface area contributed by atoms with E-state index in [9.17, 15) is 13.2 Å². The molecule has 0 aliphatic carbocycles. The number of nitrogens with zero attached hydrogens (tertiary/aromatic N) is 1. The first kappa shape index (κ1) is 13.8. The Bertz CT molecular complexity index is 408. The number of rotatable bonds is 2. The summed E-state index contributed by atoms with van der Waals surface area (Å²) in [5.41, 5.74) is 5.64. The van der Waals surface area contributed by atoms with Crippen LogP contribution in [0.15, 0.2) is 0 Å². The number of amides is 1.